The molecule has 2 N–H and O–H groups in total. The van der Waals surface area contributed by atoms with Crippen LogP contribution in [0.1, 0.15) is 25.5 Å². The quantitative estimate of drug-likeness (QED) is 0.454. The van der Waals surface area contributed by atoms with E-state index >= 15 is 0 Å². The van der Waals surface area contributed by atoms with E-state index in [0.717, 1.165) is 0 Å². The summed E-state index contributed by atoms with van der Waals surface area (Å²) in [5.74, 6) is -0.0878. The number of hydrogen-bond donors (Lipinski definition) is 2. The van der Waals surface area contributed by atoms with Gasteiger partial charge < -0.3 is 10.6 Å². The van der Waals surface area contributed by atoms with E-state index in [1.807, 2.05) is 6.92 Å². The van der Waals surface area contributed by atoms with Gasteiger partial charge in [-0.15, -0.1) is 0 Å². The number of amides is 1. The van der Waals surface area contributed by atoms with Gasteiger partial charge in [-0.3, -0.25) is 14.9 Å². The summed E-state index contributed by atoms with van der Waals surface area (Å²) in [5.41, 5.74) is 0.752. The Morgan fingerprint density at radius 3 is 2.67 bits per heavy atom. The summed E-state index contributed by atoms with van der Waals surface area (Å²) < 4.78 is 0. The lowest BCUT2D eigenvalue weighted by Gasteiger charge is -2.14. The maximum Gasteiger partial charge on any atom is 0.274 e. The summed E-state index contributed by atoms with van der Waals surface area (Å²) in [6.45, 7) is 4.37. The van der Waals surface area contributed by atoms with Crippen LogP contribution < -0.4 is 10.6 Å². The van der Waals surface area contributed by atoms with Gasteiger partial charge >= 0.3 is 0 Å². The molecule has 1 aromatic carbocycles. The molecular formula is C12H17N3O3. The lowest BCUT2D eigenvalue weighted by Crippen LogP contribution is -2.31. The molecule has 0 saturated heterocycles. The van der Waals surface area contributed by atoms with E-state index in [9.17, 15) is 14.9 Å². The Morgan fingerprint density at radius 1 is 1.39 bits per heavy atom. The lowest BCUT2D eigenvalue weighted by atomic mass is 10.1. The first kappa shape index (κ1) is 14.1. The number of nitro benzene ring substituents is 1. The zero-order valence-corrected chi connectivity index (χ0v) is 10.5. The summed E-state index contributed by atoms with van der Waals surface area (Å²) in [6, 6.07) is 6.50. The van der Waals surface area contributed by atoms with Crippen molar-refractivity contribution in [3.8, 4) is 0 Å². The van der Waals surface area contributed by atoms with Crippen LogP contribution in [0.5, 0.6) is 0 Å². The normalized spacial score (nSPS) is 11.9. The molecule has 0 saturated carbocycles. The van der Waals surface area contributed by atoms with E-state index < -0.39 is 0 Å². The minimum Gasteiger partial charge on any atom is -0.355 e. The third-order valence-corrected chi connectivity index (χ3v) is 2.55. The van der Waals surface area contributed by atoms with Crippen LogP contribution >= 0.6 is 0 Å². The maximum atomic E-state index is 10.9. The number of hydrogen-bond acceptors (Lipinski definition) is 4. The molecule has 1 unspecified atom stereocenters. The smallest absolute Gasteiger partial charge is 0.274 e. The molecule has 0 aromatic heterocycles. The number of para-hydroxylation sites is 1. The van der Waals surface area contributed by atoms with Gasteiger partial charge in [-0.2, -0.15) is 0 Å². The van der Waals surface area contributed by atoms with Crippen molar-refractivity contribution in [2.45, 2.75) is 19.9 Å². The Labute approximate surface area is 106 Å². The van der Waals surface area contributed by atoms with Crippen molar-refractivity contribution >= 4 is 11.6 Å². The van der Waals surface area contributed by atoms with Crippen LogP contribution in [0.3, 0.4) is 0 Å². The van der Waals surface area contributed by atoms with Gasteiger partial charge in [0.15, 0.2) is 0 Å². The van der Waals surface area contributed by atoms with E-state index in [0.29, 0.717) is 18.7 Å². The first-order valence-corrected chi connectivity index (χ1v) is 5.73. The molecule has 0 bridgehead atoms. The average Bonchev–Trinajstić information content (AvgIpc) is 2.34. The highest BCUT2D eigenvalue weighted by atomic mass is 16.6. The second-order valence-corrected chi connectivity index (χ2v) is 3.97. The molecule has 0 aliphatic carbocycles. The van der Waals surface area contributed by atoms with Crippen LogP contribution in [0, 0.1) is 10.1 Å². The maximum absolute atomic E-state index is 10.9. The Balaban J connectivity index is 2.58. The summed E-state index contributed by atoms with van der Waals surface area (Å²) in [5, 5.41) is 16.7. The molecule has 0 radical (unpaired) electrons. The van der Waals surface area contributed by atoms with Gasteiger partial charge in [-0.05, 0) is 6.92 Å². The molecule has 0 aliphatic heterocycles. The van der Waals surface area contributed by atoms with Crippen molar-refractivity contribution in [2.75, 3.05) is 13.1 Å². The molecule has 1 rings (SSSR count). The van der Waals surface area contributed by atoms with Gasteiger partial charge in [0.2, 0.25) is 5.91 Å². The fraction of sp³-hybridized carbons (Fsp3) is 0.417. The molecule has 6 heteroatoms. The molecule has 0 heterocycles. The molecule has 6 nitrogen and oxygen atoms in total. The Bertz CT molecular complexity index is 434. The topological polar surface area (TPSA) is 84.3 Å². The zero-order valence-electron chi connectivity index (χ0n) is 10.5. The van der Waals surface area contributed by atoms with E-state index in [-0.39, 0.29) is 22.6 Å². The SMILES string of the molecule is CC(=O)NCCNC(C)c1ccccc1[N+](=O)[O-]. The van der Waals surface area contributed by atoms with E-state index in [4.69, 9.17) is 0 Å². The van der Waals surface area contributed by atoms with Crippen molar-refractivity contribution in [2.24, 2.45) is 0 Å². The number of nitro groups is 1. The van der Waals surface area contributed by atoms with Crippen molar-refractivity contribution in [1.29, 1.82) is 0 Å². The zero-order chi connectivity index (χ0) is 13.5. The van der Waals surface area contributed by atoms with Gasteiger partial charge in [0.05, 0.1) is 4.92 Å². The number of rotatable bonds is 6. The number of carbonyl (C=O) groups excluding carboxylic acids is 1. The van der Waals surface area contributed by atoms with E-state index in [2.05, 4.69) is 10.6 Å². The molecule has 0 aliphatic rings. The van der Waals surface area contributed by atoms with Crippen LogP contribution in [0.15, 0.2) is 24.3 Å². The van der Waals surface area contributed by atoms with E-state index in [1.54, 1.807) is 18.2 Å². The van der Waals surface area contributed by atoms with Gasteiger partial charge in [0.25, 0.3) is 5.69 Å². The second-order valence-electron chi connectivity index (χ2n) is 3.97. The van der Waals surface area contributed by atoms with Crippen molar-refractivity contribution in [3.05, 3.63) is 39.9 Å². The van der Waals surface area contributed by atoms with Gasteiger partial charge in [0.1, 0.15) is 0 Å². The third kappa shape index (κ3) is 4.14. The Hall–Kier alpha value is -1.95. The fourth-order valence-electron chi connectivity index (χ4n) is 1.66. The molecule has 1 aromatic rings. The fourth-order valence-corrected chi connectivity index (χ4v) is 1.66. The molecule has 0 fully saturated rings. The van der Waals surface area contributed by atoms with E-state index in [1.165, 1.54) is 13.0 Å². The van der Waals surface area contributed by atoms with Crippen LogP contribution in [-0.2, 0) is 4.79 Å². The van der Waals surface area contributed by atoms with Crippen LogP contribution in [0.25, 0.3) is 0 Å². The van der Waals surface area contributed by atoms with Crippen molar-refractivity contribution in [3.63, 3.8) is 0 Å². The van der Waals surface area contributed by atoms with Crippen LogP contribution in [0.2, 0.25) is 0 Å². The van der Waals surface area contributed by atoms with Gasteiger partial charge in [0, 0.05) is 37.7 Å². The predicted molar refractivity (Wildman–Crippen MR) is 68.2 cm³/mol. The summed E-state index contributed by atoms with van der Waals surface area (Å²) in [6.07, 6.45) is 0. The largest absolute Gasteiger partial charge is 0.355 e. The predicted octanol–water partition coefficient (Wildman–Crippen LogP) is 1.38. The molecule has 0 spiro atoms. The molecule has 1 amide bonds. The summed E-state index contributed by atoms with van der Waals surface area (Å²) in [4.78, 5) is 21.2. The first-order valence-electron chi connectivity index (χ1n) is 5.73. The average molecular weight is 251 g/mol. The Morgan fingerprint density at radius 2 is 2.06 bits per heavy atom. The molecule has 18 heavy (non-hydrogen) atoms. The number of nitrogens with zero attached hydrogens (tertiary/aromatic N) is 1. The highest BCUT2D eigenvalue weighted by Crippen LogP contribution is 2.23. The highest BCUT2D eigenvalue weighted by molar-refractivity contribution is 5.72. The Kier molecular flexibility index (Phi) is 5.26. The van der Waals surface area contributed by atoms with Gasteiger partial charge in [-0.25, -0.2) is 0 Å². The summed E-state index contributed by atoms with van der Waals surface area (Å²) in [7, 11) is 0. The monoisotopic (exact) mass is 251 g/mol. The number of nitrogens with one attached hydrogen (secondary N) is 2. The minimum absolute atomic E-state index is 0.0878. The third-order valence-electron chi connectivity index (χ3n) is 2.55. The van der Waals surface area contributed by atoms with Crippen molar-refractivity contribution < 1.29 is 9.72 Å². The lowest BCUT2D eigenvalue weighted by molar-refractivity contribution is -0.385. The minimum atomic E-state index is -0.388. The second kappa shape index (κ2) is 6.70. The van der Waals surface area contributed by atoms with Gasteiger partial charge in [-0.1, -0.05) is 18.2 Å². The highest BCUT2D eigenvalue weighted by Gasteiger charge is 2.17. The molecular weight excluding hydrogens is 234 g/mol. The summed E-state index contributed by atoms with van der Waals surface area (Å²) >= 11 is 0. The molecule has 98 valence electrons. The number of carbonyl (C=O) groups is 1. The molecule has 1 atom stereocenters. The first-order chi connectivity index (χ1) is 8.52. The van der Waals surface area contributed by atoms with Crippen LogP contribution in [0.4, 0.5) is 5.69 Å². The number of benzene rings is 1. The standard InChI is InChI=1S/C12H17N3O3/c1-9(13-7-8-14-10(2)16)11-5-3-4-6-12(11)15(17)18/h3-6,9,13H,7-8H2,1-2H3,(H,14,16). The van der Waals surface area contributed by atoms with Crippen molar-refractivity contribution in [1.82, 2.24) is 10.6 Å². The van der Waals surface area contributed by atoms with Crippen LogP contribution in [-0.4, -0.2) is 23.9 Å².